The van der Waals surface area contributed by atoms with Gasteiger partial charge < -0.3 is 20.3 Å². The molecule has 0 radical (unpaired) electrons. The predicted octanol–water partition coefficient (Wildman–Crippen LogP) is 3.30. The lowest BCUT2D eigenvalue weighted by molar-refractivity contribution is 0.184. The molecule has 1 atom stereocenters. The summed E-state index contributed by atoms with van der Waals surface area (Å²) in [6.07, 6.45) is -0.515. The number of hydrogen-bond donors (Lipinski definition) is 2. The van der Waals surface area contributed by atoms with Gasteiger partial charge in [-0.15, -0.1) is 0 Å². The normalized spacial score (nSPS) is 12.3. The second-order valence-corrected chi connectivity index (χ2v) is 6.47. The molecule has 0 heterocycles. The molecule has 0 bridgehead atoms. The third-order valence-electron chi connectivity index (χ3n) is 3.34. The second-order valence-electron chi connectivity index (χ2n) is 6.47. The molecule has 0 aromatic heterocycles. The van der Waals surface area contributed by atoms with E-state index in [1.165, 1.54) is 4.90 Å². The van der Waals surface area contributed by atoms with Crippen LogP contribution in [0.25, 0.3) is 0 Å². The van der Waals surface area contributed by atoms with Gasteiger partial charge in [0, 0.05) is 31.9 Å². The lowest BCUT2D eigenvalue weighted by Crippen LogP contribution is -2.42. The van der Waals surface area contributed by atoms with Gasteiger partial charge in [0.2, 0.25) is 0 Å². The summed E-state index contributed by atoms with van der Waals surface area (Å²) in [5.41, 5.74) is 0.508. The average molecular weight is 307 g/mol. The van der Waals surface area contributed by atoms with E-state index in [1.54, 1.807) is 38.4 Å². The van der Waals surface area contributed by atoms with Gasteiger partial charge in [-0.1, -0.05) is 26.8 Å². The van der Waals surface area contributed by atoms with E-state index in [9.17, 15) is 9.59 Å². The highest BCUT2D eigenvalue weighted by Gasteiger charge is 2.22. The van der Waals surface area contributed by atoms with Crippen LogP contribution in [0.2, 0.25) is 0 Å². The average Bonchev–Trinajstić information content (AvgIpc) is 2.37. The van der Waals surface area contributed by atoms with Crippen molar-refractivity contribution >= 4 is 17.8 Å². The second kappa shape index (κ2) is 7.15. The number of nitrogens with one attached hydrogen (secondary N) is 2. The molecule has 1 rings (SSSR count). The standard InChI is InChI=1S/C16H25N3O3/c1-11(16(2,3)4)17-15(21)22-13-9-7-8-12(10-13)18-14(20)19(5)6/h7-11H,1-6H3,(H,17,21)(H,18,20). The van der Waals surface area contributed by atoms with Crippen LogP contribution in [-0.2, 0) is 0 Å². The summed E-state index contributed by atoms with van der Waals surface area (Å²) >= 11 is 0. The smallest absolute Gasteiger partial charge is 0.410 e. The van der Waals surface area contributed by atoms with Crippen molar-refractivity contribution in [1.29, 1.82) is 0 Å². The summed E-state index contributed by atoms with van der Waals surface area (Å²) in [7, 11) is 3.30. The number of amides is 3. The number of carbonyl (C=O) groups excluding carboxylic acids is 2. The van der Waals surface area contributed by atoms with Crippen molar-refractivity contribution < 1.29 is 14.3 Å². The van der Waals surface area contributed by atoms with E-state index in [-0.39, 0.29) is 17.5 Å². The van der Waals surface area contributed by atoms with E-state index in [1.807, 2.05) is 27.7 Å². The quantitative estimate of drug-likeness (QED) is 0.900. The van der Waals surface area contributed by atoms with Crippen molar-refractivity contribution in [1.82, 2.24) is 10.2 Å². The number of rotatable bonds is 3. The van der Waals surface area contributed by atoms with Crippen LogP contribution in [-0.4, -0.2) is 37.2 Å². The first-order chi connectivity index (χ1) is 10.1. The molecule has 0 aliphatic carbocycles. The molecular formula is C16H25N3O3. The molecule has 6 nitrogen and oxygen atoms in total. The summed E-state index contributed by atoms with van der Waals surface area (Å²) in [6, 6.07) is 6.42. The van der Waals surface area contributed by atoms with Crippen LogP contribution in [0.5, 0.6) is 5.75 Å². The summed E-state index contributed by atoms with van der Waals surface area (Å²) in [5, 5.41) is 5.49. The maximum Gasteiger partial charge on any atom is 0.412 e. The highest BCUT2D eigenvalue weighted by atomic mass is 16.6. The Balaban J connectivity index is 2.67. The molecule has 122 valence electrons. The van der Waals surface area contributed by atoms with Crippen molar-refractivity contribution in [3.63, 3.8) is 0 Å². The van der Waals surface area contributed by atoms with Gasteiger partial charge in [-0.2, -0.15) is 0 Å². The first-order valence-electron chi connectivity index (χ1n) is 7.16. The first kappa shape index (κ1) is 17.8. The van der Waals surface area contributed by atoms with Crippen molar-refractivity contribution in [3.05, 3.63) is 24.3 Å². The van der Waals surface area contributed by atoms with Gasteiger partial charge in [-0.05, 0) is 24.5 Å². The lowest BCUT2D eigenvalue weighted by Gasteiger charge is -2.27. The van der Waals surface area contributed by atoms with Crippen molar-refractivity contribution in [3.8, 4) is 5.75 Å². The first-order valence-corrected chi connectivity index (χ1v) is 7.16. The fraction of sp³-hybridized carbons (Fsp3) is 0.500. The molecule has 0 aliphatic rings. The largest absolute Gasteiger partial charge is 0.412 e. The van der Waals surface area contributed by atoms with Crippen LogP contribution in [0.3, 0.4) is 0 Å². The molecule has 1 aromatic rings. The Bertz CT molecular complexity index is 536. The summed E-state index contributed by atoms with van der Waals surface area (Å²) in [4.78, 5) is 24.9. The highest BCUT2D eigenvalue weighted by molar-refractivity contribution is 5.89. The number of hydrogen-bond acceptors (Lipinski definition) is 3. The Labute approximate surface area is 131 Å². The minimum Gasteiger partial charge on any atom is -0.410 e. The van der Waals surface area contributed by atoms with Crippen molar-refractivity contribution in [2.75, 3.05) is 19.4 Å². The molecule has 3 amide bonds. The Morgan fingerprint density at radius 2 is 1.86 bits per heavy atom. The van der Waals surface area contributed by atoms with Crippen LogP contribution in [0, 0.1) is 5.41 Å². The Morgan fingerprint density at radius 3 is 2.41 bits per heavy atom. The van der Waals surface area contributed by atoms with Gasteiger partial charge in [-0.3, -0.25) is 0 Å². The third-order valence-corrected chi connectivity index (χ3v) is 3.34. The van der Waals surface area contributed by atoms with Gasteiger partial charge in [0.05, 0.1) is 0 Å². The molecule has 1 aromatic carbocycles. The lowest BCUT2D eigenvalue weighted by atomic mass is 9.88. The molecule has 1 unspecified atom stereocenters. The maximum atomic E-state index is 11.9. The Kier molecular flexibility index (Phi) is 5.79. The fourth-order valence-corrected chi connectivity index (χ4v) is 1.40. The highest BCUT2D eigenvalue weighted by Crippen LogP contribution is 2.20. The number of benzene rings is 1. The topological polar surface area (TPSA) is 70.7 Å². The number of nitrogens with zero attached hydrogens (tertiary/aromatic N) is 1. The van der Waals surface area contributed by atoms with E-state index in [2.05, 4.69) is 10.6 Å². The van der Waals surface area contributed by atoms with Gasteiger partial charge in [0.1, 0.15) is 5.75 Å². The third kappa shape index (κ3) is 5.63. The SMILES string of the molecule is CC(NC(=O)Oc1cccc(NC(=O)N(C)C)c1)C(C)(C)C. The van der Waals surface area contributed by atoms with Gasteiger partial charge in [-0.25, -0.2) is 9.59 Å². The molecule has 6 heteroatoms. The van der Waals surface area contributed by atoms with Crippen molar-refractivity contribution in [2.45, 2.75) is 33.7 Å². The van der Waals surface area contributed by atoms with E-state index >= 15 is 0 Å². The van der Waals surface area contributed by atoms with Gasteiger partial charge >= 0.3 is 12.1 Å². The number of anilines is 1. The van der Waals surface area contributed by atoms with Gasteiger partial charge in [0.15, 0.2) is 0 Å². The molecule has 0 fully saturated rings. The van der Waals surface area contributed by atoms with Crippen LogP contribution in [0.1, 0.15) is 27.7 Å². The molecule has 0 aliphatic heterocycles. The van der Waals surface area contributed by atoms with E-state index in [0.717, 1.165) is 0 Å². The number of carbonyl (C=O) groups is 2. The van der Waals surface area contributed by atoms with Crippen LogP contribution in [0.4, 0.5) is 15.3 Å². The Morgan fingerprint density at radius 1 is 1.23 bits per heavy atom. The van der Waals surface area contributed by atoms with Crippen LogP contribution >= 0.6 is 0 Å². The zero-order valence-electron chi connectivity index (χ0n) is 14.1. The van der Waals surface area contributed by atoms with Crippen LogP contribution in [0.15, 0.2) is 24.3 Å². The monoisotopic (exact) mass is 307 g/mol. The Hall–Kier alpha value is -2.24. The molecule has 2 N–H and O–H groups in total. The van der Waals surface area contributed by atoms with E-state index in [4.69, 9.17) is 4.74 Å². The molecule has 0 saturated heterocycles. The minimum absolute atomic E-state index is 0.0309. The fourth-order valence-electron chi connectivity index (χ4n) is 1.40. The molecular weight excluding hydrogens is 282 g/mol. The number of urea groups is 1. The van der Waals surface area contributed by atoms with E-state index in [0.29, 0.717) is 11.4 Å². The predicted molar refractivity (Wildman–Crippen MR) is 87.2 cm³/mol. The summed E-state index contributed by atoms with van der Waals surface area (Å²) in [6.45, 7) is 8.04. The zero-order valence-corrected chi connectivity index (χ0v) is 14.1. The number of ether oxygens (including phenoxy) is 1. The van der Waals surface area contributed by atoms with Gasteiger partial charge in [0.25, 0.3) is 0 Å². The van der Waals surface area contributed by atoms with Crippen LogP contribution < -0.4 is 15.4 Å². The van der Waals surface area contributed by atoms with Crippen molar-refractivity contribution in [2.24, 2.45) is 5.41 Å². The van der Waals surface area contributed by atoms with E-state index < -0.39 is 6.09 Å². The summed E-state index contributed by atoms with van der Waals surface area (Å²) in [5.74, 6) is 0.371. The molecule has 22 heavy (non-hydrogen) atoms. The summed E-state index contributed by atoms with van der Waals surface area (Å²) < 4.78 is 5.25. The molecule has 0 spiro atoms. The minimum atomic E-state index is -0.515. The molecule has 0 saturated carbocycles. The maximum absolute atomic E-state index is 11.9. The zero-order chi connectivity index (χ0) is 16.9.